The zero-order chi connectivity index (χ0) is 22.2. The minimum atomic E-state index is -0.619. The number of benzene rings is 1. The maximum atomic E-state index is 13.1. The first-order valence-corrected chi connectivity index (χ1v) is 11.4. The summed E-state index contributed by atoms with van der Waals surface area (Å²) in [5.74, 6) is -0.160. The van der Waals surface area contributed by atoms with E-state index in [1.807, 2.05) is 32.0 Å². The molecule has 1 saturated carbocycles. The molecule has 1 unspecified atom stereocenters. The van der Waals surface area contributed by atoms with E-state index in [0.717, 1.165) is 12.8 Å². The van der Waals surface area contributed by atoms with Gasteiger partial charge in [-0.2, -0.15) is 0 Å². The van der Waals surface area contributed by atoms with Gasteiger partial charge in [-0.25, -0.2) is 9.59 Å². The number of anilines is 1. The molecule has 1 aliphatic heterocycles. The summed E-state index contributed by atoms with van der Waals surface area (Å²) in [5, 5.41) is 8.72. The number of hydrogen-bond donors (Lipinski definition) is 3. The van der Waals surface area contributed by atoms with Crippen molar-refractivity contribution in [2.24, 2.45) is 5.92 Å². The molecule has 0 aromatic heterocycles. The zero-order valence-electron chi connectivity index (χ0n) is 18.6. The molecule has 8 heteroatoms. The average Bonchev–Trinajstić information content (AvgIpc) is 2.78. The molecule has 0 spiro atoms. The Morgan fingerprint density at radius 3 is 2.13 bits per heavy atom. The van der Waals surface area contributed by atoms with Gasteiger partial charge in [0.05, 0.1) is 0 Å². The largest absolute Gasteiger partial charge is 0.337 e. The number of carbonyl (C=O) groups excluding carboxylic acids is 3. The van der Waals surface area contributed by atoms with Crippen molar-refractivity contribution in [1.29, 1.82) is 0 Å². The van der Waals surface area contributed by atoms with Crippen LogP contribution in [0.1, 0.15) is 46.0 Å². The molecule has 1 aromatic carbocycles. The first kappa shape index (κ1) is 22.9. The minimum Gasteiger partial charge on any atom is -0.337 e. The summed E-state index contributed by atoms with van der Waals surface area (Å²) in [6, 6.07) is 8.37. The lowest BCUT2D eigenvalue weighted by Crippen LogP contribution is -2.59. The molecule has 1 aromatic rings. The van der Waals surface area contributed by atoms with E-state index in [4.69, 9.17) is 0 Å². The van der Waals surface area contributed by atoms with Crippen molar-refractivity contribution in [3.63, 3.8) is 0 Å². The van der Waals surface area contributed by atoms with Crippen molar-refractivity contribution < 1.29 is 14.4 Å². The van der Waals surface area contributed by atoms with Gasteiger partial charge in [0, 0.05) is 37.9 Å². The Bertz CT molecular complexity index is 741. The highest BCUT2D eigenvalue weighted by Gasteiger charge is 2.32. The van der Waals surface area contributed by atoms with E-state index in [1.54, 1.807) is 21.9 Å². The number of urea groups is 2. The quantitative estimate of drug-likeness (QED) is 0.672. The van der Waals surface area contributed by atoms with Crippen molar-refractivity contribution in [2.45, 2.75) is 58.0 Å². The number of para-hydroxylation sites is 1. The van der Waals surface area contributed by atoms with Crippen LogP contribution in [-0.2, 0) is 4.79 Å². The molecule has 2 aliphatic rings. The van der Waals surface area contributed by atoms with E-state index in [9.17, 15) is 14.4 Å². The molecule has 3 N–H and O–H groups in total. The second-order valence-electron chi connectivity index (χ2n) is 8.78. The standard InChI is InChI=1S/C23H35N5O3/c1-17(2)20(26-22(30)24-18-9-5-3-6-10-18)21(29)27-13-15-28(16-14-27)23(31)25-19-11-7-4-8-12-19/h3,5-6,9-10,17,19-20H,4,7-8,11-16H2,1-2H3,(H,25,31)(H2,24,26,30). The van der Waals surface area contributed by atoms with Crippen LogP contribution < -0.4 is 16.0 Å². The molecular formula is C23H35N5O3. The van der Waals surface area contributed by atoms with Crippen LogP contribution in [0.5, 0.6) is 0 Å². The monoisotopic (exact) mass is 429 g/mol. The van der Waals surface area contributed by atoms with Crippen LogP contribution in [0, 0.1) is 5.92 Å². The fourth-order valence-electron chi connectivity index (χ4n) is 4.18. The van der Waals surface area contributed by atoms with Crippen molar-refractivity contribution in [3.8, 4) is 0 Å². The van der Waals surface area contributed by atoms with Crippen molar-refractivity contribution in [3.05, 3.63) is 30.3 Å². The summed E-state index contributed by atoms with van der Waals surface area (Å²) in [5.41, 5.74) is 0.674. The smallest absolute Gasteiger partial charge is 0.319 e. The first-order chi connectivity index (χ1) is 14.9. The van der Waals surface area contributed by atoms with Gasteiger partial charge in [0.25, 0.3) is 0 Å². The topological polar surface area (TPSA) is 93.8 Å². The lowest BCUT2D eigenvalue weighted by molar-refractivity contribution is -0.135. The molecule has 0 bridgehead atoms. The molecule has 2 fully saturated rings. The summed E-state index contributed by atoms with van der Waals surface area (Å²) in [7, 11) is 0. The van der Waals surface area contributed by atoms with Crippen LogP contribution in [0.2, 0.25) is 0 Å². The van der Waals surface area contributed by atoms with Gasteiger partial charge in [0.2, 0.25) is 5.91 Å². The Balaban J connectivity index is 1.48. The molecule has 8 nitrogen and oxygen atoms in total. The van der Waals surface area contributed by atoms with E-state index in [-0.39, 0.29) is 23.9 Å². The van der Waals surface area contributed by atoms with Gasteiger partial charge >= 0.3 is 12.1 Å². The average molecular weight is 430 g/mol. The van der Waals surface area contributed by atoms with Crippen molar-refractivity contribution in [2.75, 3.05) is 31.5 Å². The molecule has 1 saturated heterocycles. The van der Waals surface area contributed by atoms with Gasteiger partial charge in [-0.1, -0.05) is 51.3 Å². The molecule has 0 radical (unpaired) electrons. The second-order valence-corrected chi connectivity index (χ2v) is 8.78. The van der Waals surface area contributed by atoms with Crippen LogP contribution in [-0.4, -0.2) is 66.0 Å². The summed E-state index contributed by atoms with van der Waals surface area (Å²) >= 11 is 0. The summed E-state index contributed by atoms with van der Waals surface area (Å²) < 4.78 is 0. The highest BCUT2D eigenvalue weighted by molar-refractivity contribution is 5.93. The Hall–Kier alpha value is -2.77. The van der Waals surface area contributed by atoms with Gasteiger partial charge < -0.3 is 25.8 Å². The van der Waals surface area contributed by atoms with Crippen molar-refractivity contribution >= 4 is 23.7 Å². The van der Waals surface area contributed by atoms with Crippen LogP contribution in [0.15, 0.2) is 30.3 Å². The number of rotatable bonds is 5. The maximum Gasteiger partial charge on any atom is 0.319 e. The van der Waals surface area contributed by atoms with Crippen LogP contribution in [0.3, 0.4) is 0 Å². The Morgan fingerprint density at radius 2 is 1.52 bits per heavy atom. The van der Waals surface area contributed by atoms with Gasteiger partial charge in [-0.05, 0) is 30.9 Å². The van der Waals surface area contributed by atoms with Gasteiger partial charge in [0.1, 0.15) is 6.04 Å². The molecule has 170 valence electrons. The summed E-state index contributed by atoms with van der Waals surface area (Å²) in [4.78, 5) is 41.6. The molecule has 3 rings (SSSR count). The Labute approximate surface area is 184 Å². The molecule has 1 heterocycles. The molecule has 1 aliphatic carbocycles. The number of amides is 5. The molecule has 1 atom stereocenters. The lowest BCUT2D eigenvalue weighted by Gasteiger charge is -2.38. The minimum absolute atomic E-state index is 0.0280. The molecular weight excluding hydrogens is 394 g/mol. The van der Waals surface area contributed by atoms with Gasteiger partial charge in [-0.15, -0.1) is 0 Å². The van der Waals surface area contributed by atoms with Gasteiger partial charge in [-0.3, -0.25) is 4.79 Å². The normalized spacial score (nSPS) is 18.4. The maximum absolute atomic E-state index is 13.1. The number of carbonyl (C=O) groups is 3. The third kappa shape index (κ3) is 6.60. The number of hydrogen-bond acceptors (Lipinski definition) is 3. The highest BCUT2D eigenvalue weighted by atomic mass is 16.2. The van der Waals surface area contributed by atoms with E-state index in [0.29, 0.717) is 31.9 Å². The number of piperazine rings is 1. The fraction of sp³-hybridized carbons (Fsp3) is 0.609. The third-order valence-corrected chi connectivity index (χ3v) is 6.06. The summed E-state index contributed by atoms with van der Waals surface area (Å²) in [6.45, 7) is 5.79. The molecule has 31 heavy (non-hydrogen) atoms. The van der Waals surface area contributed by atoms with E-state index >= 15 is 0 Å². The Kier molecular flexibility index (Phi) is 8.14. The number of nitrogens with zero attached hydrogens (tertiary/aromatic N) is 2. The molecule has 5 amide bonds. The van der Waals surface area contributed by atoms with Crippen LogP contribution in [0.25, 0.3) is 0 Å². The predicted molar refractivity (Wildman–Crippen MR) is 121 cm³/mol. The van der Waals surface area contributed by atoms with E-state index < -0.39 is 12.1 Å². The fourth-order valence-corrected chi connectivity index (χ4v) is 4.18. The lowest BCUT2D eigenvalue weighted by atomic mass is 9.96. The Morgan fingerprint density at radius 1 is 0.903 bits per heavy atom. The van der Waals surface area contributed by atoms with E-state index in [1.165, 1.54) is 19.3 Å². The van der Waals surface area contributed by atoms with E-state index in [2.05, 4.69) is 16.0 Å². The predicted octanol–water partition coefficient (Wildman–Crippen LogP) is 3.02. The second kappa shape index (κ2) is 11.0. The first-order valence-electron chi connectivity index (χ1n) is 11.4. The third-order valence-electron chi connectivity index (χ3n) is 6.06. The van der Waals surface area contributed by atoms with Crippen LogP contribution in [0.4, 0.5) is 15.3 Å². The summed E-state index contributed by atoms with van der Waals surface area (Å²) in [6.07, 6.45) is 5.71. The van der Waals surface area contributed by atoms with Gasteiger partial charge in [0.15, 0.2) is 0 Å². The zero-order valence-corrected chi connectivity index (χ0v) is 18.6. The van der Waals surface area contributed by atoms with Crippen LogP contribution >= 0.6 is 0 Å². The van der Waals surface area contributed by atoms with Crippen molar-refractivity contribution in [1.82, 2.24) is 20.4 Å². The highest BCUT2D eigenvalue weighted by Crippen LogP contribution is 2.18. The SMILES string of the molecule is CC(C)C(NC(=O)Nc1ccccc1)C(=O)N1CCN(C(=O)NC2CCCCC2)CC1. The number of nitrogens with one attached hydrogen (secondary N) is 3.